The van der Waals surface area contributed by atoms with Crippen molar-refractivity contribution in [1.29, 1.82) is 0 Å². The number of amides is 1. The van der Waals surface area contributed by atoms with Crippen LogP contribution in [0.25, 0.3) is 0 Å². The summed E-state index contributed by atoms with van der Waals surface area (Å²) in [6.07, 6.45) is 1.60. The molecule has 0 aromatic carbocycles. The zero-order valence-electron chi connectivity index (χ0n) is 9.30. The van der Waals surface area contributed by atoms with E-state index in [1.807, 2.05) is 0 Å². The van der Waals surface area contributed by atoms with Gasteiger partial charge in [-0.3, -0.25) is 4.79 Å². The summed E-state index contributed by atoms with van der Waals surface area (Å²) in [6, 6.07) is 4.88. The van der Waals surface area contributed by atoms with Gasteiger partial charge in [-0.2, -0.15) is 0 Å². The van der Waals surface area contributed by atoms with Gasteiger partial charge in [0.15, 0.2) is 0 Å². The molecular weight excluding hydrogens is 220 g/mol. The Bertz CT molecular complexity index is 536. The maximum atomic E-state index is 11.7. The summed E-state index contributed by atoms with van der Waals surface area (Å²) in [4.78, 5) is 19.6. The summed E-state index contributed by atoms with van der Waals surface area (Å²) in [5.74, 6) is 1.16. The van der Waals surface area contributed by atoms with Crippen molar-refractivity contribution in [2.24, 2.45) is 0 Å². The Balaban J connectivity index is 1.98. The maximum absolute atomic E-state index is 11.7. The minimum absolute atomic E-state index is 0.225. The van der Waals surface area contributed by atoms with Gasteiger partial charge in [0.2, 0.25) is 5.89 Å². The van der Waals surface area contributed by atoms with Gasteiger partial charge in [0, 0.05) is 0 Å². The number of aryl methyl sites for hydroxylation is 1. The zero-order valence-corrected chi connectivity index (χ0v) is 9.30. The number of hydrogen-bond donors (Lipinski definition) is 2. The fourth-order valence-corrected chi connectivity index (χ4v) is 1.31. The van der Waals surface area contributed by atoms with E-state index in [0.29, 0.717) is 17.5 Å². The van der Waals surface area contributed by atoms with Gasteiger partial charge in [0.1, 0.15) is 17.3 Å². The number of aromatic nitrogens is 2. The van der Waals surface area contributed by atoms with Crippen molar-refractivity contribution in [2.45, 2.75) is 13.5 Å². The van der Waals surface area contributed by atoms with Crippen LogP contribution in [0.2, 0.25) is 0 Å². The molecule has 0 aliphatic rings. The first-order valence-electron chi connectivity index (χ1n) is 5.07. The van der Waals surface area contributed by atoms with E-state index in [0.717, 1.165) is 0 Å². The summed E-state index contributed by atoms with van der Waals surface area (Å²) in [5.41, 5.74) is 5.76. The SMILES string of the molecule is Cc1cnc(CNC(=O)c2cccc(N)n2)o1. The number of oxazole rings is 1. The lowest BCUT2D eigenvalue weighted by atomic mass is 10.3. The molecule has 2 aromatic rings. The Morgan fingerprint density at radius 2 is 2.35 bits per heavy atom. The second-order valence-electron chi connectivity index (χ2n) is 3.50. The zero-order chi connectivity index (χ0) is 12.3. The van der Waals surface area contributed by atoms with E-state index in [-0.39, 0.29) is 18.1 Å². The van der Waals surface area contributed by atoms with Gasteiger partial charge in [0.25, 0.3) is 5.91 Å². The number of rotatable bonds is 3. The molecule has 2 aromatic heterocycles. The van der Waals surface area contributed by atoms with Crippen LogP contribution in [-0.2, 0) is 6.54 Å². The van der Waals surface area contributed by atoms with E-state index in [1.54, 1.807) is 31.3 Å². The van der Waals surface area contributed by atoms with Gasteiger partial charge in [-0.05, 0) is 19.1 Å². The number of nitrogens with zero attached hydrogens (tertiary/aromatic N) is 2. The van der Waals surface area contributed by atoms with Crippen molar-refractivity contribution >= 4 is 11.7 Å². The van der Waals surface area contributed by atoms with Crippen molar-refractivity contribution in [3.63, 3.8) is 0 Å². The summed E-state index contributed by atoms with van der Waals surface area (Å²) < 4.78 is 5.22. The molecule has 0 atom stereocenters. The molecule has 0 saturated heterocycles. The number of carbonyl (C=O) groups excluding carboxylic acids is 1. The van der Waals surface area contributed by atoms with Crippen LogP contribution in [0, 0.1) is 6.92 Å². The third-order valence-electron chi connectivity index (χ3n) is 2.07. The van der Waals surface area contributed by atoms with Crippen LogP contribution in [0.15, 0.2) is 28.8 Å². The highest BCUT2D eigenvalue weighted by Gasteiger charge is 2.08. The lowest BCUT2D eigenvalue weighted by Gasteiger charge is -2.02. The summed E-state index contributed by atoms with van der Waals surface area (Å²) >= 11 is 0. The van der Waals surface area contributed by atoms with Gasteiger partial charge < -0.3 is 15.5 Å². The third kappa shape index (κ3) is 2.81. The lowest BCUT2D eigenvalue weighted by Crippen LogP contribution is -2.24. The fraction of sp³-hybridized carbons (Fsp3) is 0.182. The molecule has 6 heteroatoms. The molecule has 17 heavy (non-hydrogen) atoms. The number of anilines is 1. The van der Waals surface area contributed by atoms with Crippen LogP contribution in [-0.4, -0.2) is 15.9 Å². The molecule has 6 nitrogen and oxygen atoms in total. The maximum Gasteiger partial charge on any atom is 0.270 e. The summed E-state index contributed by atoms with van der Waals surface area (Å²) in [7, 11) is 0. The predicted octanol–water partition coefficient (Wildman–Crippen LogP) is 0.890. The molecule has 0 aliphatic carbocycles. The van der Waals surface area contributed by atoms with E-state index in [9.17, 15) is 4.79 Å². The first kappa shape index (κ1) is 11.1. The molecule has 0 radical (unpaired) electrons. The van der Waals surface area contributed by atoms with E-state index in [4.69, 9.17) is 10.2 Å². The van der Waals surface area contributed by atoms with E-state index < -0.39 is 0 Å². The molecule has 0 bridgehead atoms. The topological polar surface area (TPSA) is 94.0 Å². The number of hydrogen-bond acceptors (Lipinski definition) is 5. The molecule has 0 unspecified atom stereocenters. The average Bonchev–Trinajstić information content (AvgIpc) is 2.72. The van der Waals surface area contributed by atoms with E-state index >= 15 is 0 Å². The Morgan fingerprint density at radius 1 is 1.53 bits per heavy atom. The molecule has 0 aliphatic heterocycles. The van der Waals surface area contributed by atoms with Crippen molar-refractivity contribution in [2.75, 3.05) is 5.73 Å². The normalized spacial score (nSPS) is 10.2. The van der Waals surface area contributed by atoms with Crippen molar-refractivity contribution in [1.82, 2.24) is 15.3 Å². The smallest absolute Gasteiger partial charge is 0.270 e. The van der Waals surface area contributed by atoms with Crippen molar-refractivity contribution in [3.8, 4) is 0 Å². The van der Waals surface area contributed by atoms with Crippen LogP contribution in [0.3, 0.4) is 0 Å². The Hall–Kier alpha value is -2.37. The fourth-order valence-electron chi connectivity index (χ4n) is 1.31. The van der Waals surface area contributed by atoms with Gasteiger partial charge >= 0.3 is 0 Å². The first-order chi connectivity index (χ1) is 8.15. The molecule has 2 rings (SSSR count). The monoisotopic (exact) mass is 232 g/mol. The average molecular weight is 232 g/mol. The quantitative estimate of drug-likeness (QED) is 0.819. The molecule has 3 N–H and O–H groups in total. The molecule has 2 heterocycles. The standard InChI is InChI=1S/C11H12N4O2/c1-7-5-13-10(17-7)6-14-11(16)8-3-2-4-9(12)15-8/h2-5H,6H2,1H3,(H2,12,15)(H,14,16). The number of carbonyl (C=O) groups is 1. The number of pyridine rings is 1. The van der Waals surface area contributed by atoms with Crippen molar-refractivity contribution in [3.05, 3.63) is 41.7 Å². The number of nitrogen functional groups attached to an aromatic ring is 1. The lowest BCUT2D eigenvalue weighted by molar-refractivity contribution is 0.0942. The minimum Gasteiger partial charge on any atom is -0.444 e. The van der Waals surface area contributed by atoms with Crippen LogP contribution >= 0.6 is 0 Å². The molecular formula is C11H12N4O2. The second-order valence-corrected chi connectivity index (χ2v) is 3.50. The van der Waals surface area contributed by atoms with Crippen LogP contribution in [0.4, 0.5) is 5.82 Å². The van der Waals surface area contributed by atoms with Gasteiger partial charge in [-0.1, -0.05) is 6.07 Å². The first-order valence-corrected chi connectivity index (χ1v) is 5.07. The molecule has 88 valence electrons. The molecule has 0 spiro atoms. The van der Waals surface area contributed by atoms with E-state index in [2.05, 4.69) is 15.3 Å². The highest BCUT2D eigenvalue weighted by molar-refractivity contribution is 5.92. The number of nitrogens with two attached hydrogens (primary N) is 1. The minimum atomic E-state index is -0.312. The van der Waals surface area contributed by atoms with Crippen LogP contribution < -0.4 is 11.1 Å². The summed E-state index contributed by atoms with van der Waals surface area (Å²) in [5, 5.41) is 2.64. The Morgan fingerprint density at radius 3 is 3.00 bits per heavy atom. The van der Waals surface area contributed by atoms with Gasteiger partial charge in [0.05, 0.1) is 12.7 Å². The Kier molecular flexibility index (Phi) is 3.04. The van der Waals surface area contributed by atoms with Crippen LogP contribution in [0.5, 0.6) is 0 Å². The molecule has 0 saturated carbocycles. The largest absolute Gasteiger partial charge is 0.444 e. The summed E-state index contributed by atoms with van der Waals surface area (Å²) in [6.45, 7) is 2.01. The van der Waals surface area contributed by atoms with Gasteiger partial charge in [-0.15, -0.1) is 0 Å². The Labute approximate surface area is 97.9 Å². The van der Waals surface area contributed by atoms with E-state index in [1.165, 1.54) is 0 Å². The highest BCUT2D eigenvalue weighted by atomic mass is 16.4. The van der Waals surface area contributed by atoms with Gasteiger partial charge in [-0.25, -0.2) is 9.97 Å². The molecule has 1 amide bonds. The third-order valence-corrected chi connectivity index (χ3v) is 2.07. The number of nitrogens with one attached hydrogen (secondary N) is 1. The van der Waals surface area contributed by atoms with Crippen molar-refractivity contribution < 1.29 is 9.21 Å². The second kappa shape index (κ2) is 4.65. The predicted molar refractivity (Wildman–Crippen MR) is 61.1 cm³/mol. The molecule has 0 fully saturated rings. The van der Waals surface area contributed by atoms with Crippen LogP contribution in [0.1, 0.15) is 22.1 Å². The highest BCUT2D eigenvalue weighted by Crippen LogP contribution is 2.03.